The molecule has 0 bridgehead atoms. The van der Waals surface area contributed by atoms with Gasteiger partial charge in [0.2, 0.25) is 5.95 Å². The van der Waals surface area contributed by atoms with Crippen molar-refractivity contribution in [2.24, 2.45) is 5.92 Å². The summed E-state index contributed by atoms with van der Waals surface area (Å²) >= 11 is 0. The average Bonchev–Trinajstić information content (AvgIpc) is 2.73. The minimum absolute atomic E-state index is 0.128. The van der Waals surface area contributed by atoms with Crippen molar-refractivity contribution in [2.75, 3.05) is 44.2 Å². The highest BCUT2D eigenvalue weighted by molar-refractivity contribution is 5.98. The Morgan fingerprint density at radius 1 is 1.11 bits per heavy atom. The number of allylic oxidation sites excluding steroid dienone is 1. The maximum Gasteiger partial charge on any atom is 0.225 e. The van der Waals surface area contributed by atoms with Gasteiger partial charge in [0.15, 0.2) is 5.78 Å². The van der Waals surface area contributed by atoms with Gasteiger partial charge < -0.3 is 10.0 Å². The van der Waals surface area contributed by atoms with E-state index in [4.69, 9.17) is 10.1 Å². The third kappa shape index (κ3) is 4.29. The molecular weight excluding hydrogens is 352 g/mol. The van der Waals surface area contributed by atoms with Crippen LogP contribution in [0.15, 0.2) is 42.6 Å². The van der Waals surface area contributed by atoms with Gasteiger partial charge in [-0.05, 0) is 17.9 Å². The number of aromatic nitrogens is 2. The van der Waals surface area contributed by atoms with Crippen molar-refractivity contribution >= 4 is 17.8 Å². The Balaban J connectivity index is 1.46. The first-order valence-electron chi connectivity index (χ1n) is 9.93. The van der Waals surface area contributed by atoms with Crippen molar-refractivity contribution in [3.63, 3.8) is 0 Å². The highest BCUT2D eigenvalue weighted by Gasteiger charge is 2.27. The van der Waals surface area contributed by atoms with Gasteiger partial charge in [-0.15, -0.1) is 0 Å². The van der Waals surface area contributed by atoms with Crippen LogP contribution in [0.5, 0.6) is 0 Å². The van der Waals surface area contributed by atoms with Gasteiger partial charge in [0.1, 0.15) is 0 Å². The van der Waals surface area contributed by atoms with E-state index in [-0.39, 0.29) is 18.3 Å². The van der Waals surface area contributed by atoms with E-state index in [1.54, 1.807) is 6.20 Å². The molecule has 4 rings (SSSR count). The summed E-state index contributed by atoms with van der Waals surface area (Å²) in [6.45, 7) is 4.36. The quantitative estimate of drug-likeness (QED) is 0.859. The van der Waals surface area contributed by atoms with Crippen LogP contribution in [0.4, 0.5) is 5.95 Å². The summed E-state index contributed by atoms with van der Waals surface area (Å²) in [5, 5.41) is 9.08. The first-order chi connectivity index (χ1) is 13.7. The number of Topliss-reactive ketones (excluding diaryl/α,β-unsaturated/α-hetero) is 1. The lowest BCUT2D eigenvalue weighted by atomic mass is 9.86. The molecule has 2 aliphatic rings. The normalized spacial score (nSPS) is 20.5. The van der Waals surface area contributed by atoms with Crippen molar-refractivity contribution < 1.29 is 9.90 Å². The number of carbonyl (C=O) groups is 1. The molecule has 0 saturated carbocycles. The molecule has 2 heterocycles. The highest BCUT2D eigenvalue weighted by Crippen LogP contribution is 2.27. The van der Waals surface area contributed by atoms with Crippen molar-refractivity contribution in [1.29, 1.82) is 0 Å². The standard InChI is InChI=1S/C22H26N4O2/c27-13-12-25-8-10-26(11-9-25)22-23-16-19-20(24-22)14-18(15-21(19)28)7-6-17-4-2-1-3-5-17/h1-7,16,18,27H,8-15H2/b7-6+/t18-/m0/s1. The third-order valence-corrected chi connectivity index (χ3v) is 5.49. The molecule has 1 aromatic carbocycles. The largest absolute Gasteiger partial charge is 0.395 e. The van der Waals surface area contributed by atoms with Crippen LogP contribution in [0, 0.1) is 5.92 Å². The molecule has 0 spiro atoms. The van der Waals surface area contributed by atoms with Crippen LogP contribution in [-0.2, 0) is 6.42 Å². The van der Waals surface area contributed by atoms with E-state index in [9.17, 15) is 4.79 Å². The van der Waals surface area contributed by atoms with Gasteiger partial charge in [0.05, 0.1) is 17.9 Å². The lowest BCUT2D eigenvalue weighted by molar-refractivity contribution is 0.0957. The van der Waals surface area contributed by atoms with Gasteiger partial charge in [-0.3, -0.25) is 9.69 Å². The maximum absolute atomic E-state index is 12.6. The van der Waals surface area contributed by atoms with Crippen molar-refractivity contribution in [1.82, 2.24) is 14.9 Å². The number of nitrogens with zero attached hydrogens (tertiary/aromatic N) is 4. The van der Waals surface area contributed by atoms with Gasteiger partial charge in [-0.1, -0.05) is 42.5 Å². The summed E-state index contributed by atoms with van der Waals surface area (Å²) in [7, 11) is 0. The molecular formula is C22H26N4O2. The SMILES string of the molecule is O=C1C[C@@H](/C=C/c2ccccc2)Cc2nc(N3CCN(CCO)CC3)ncc21. The summed E-state index contributed by atoms with van der Waals surface area (Å²) in [6, 6.07) is 10.2. The van der Waals surface area contributed by atoms with Crippen LogP contribution in [0.3, 0.4) is 0 Å². The number of rotatable bonds is 5. The second kappa shape index (κ2) is 8.63. The summed E-state index contributed by atoms with van der Waals surface area (Å²) < 4.78 is 0. The van der Waals surface area contributed by atoms with Crippen LogP contribution >= 0.6 is 0 Å². The Kier molecular flexibility index (Phi) is 5.78. The zero-order valence-electron chi connectivity index (χ0n) is 16.0. The number of piperazine rings is 1. The monoisotopic (exact) mass is 378 g/mol. The molecule has 0 unspecified atom stereocenters. The van der Waals surface area contributed by atoms with Crippen LogP contribution in [0.1, 0.15) is 28.0 Å². The lowest BCUT2D eigenvalue weighted by Crippen LogP contribution is -2.47. The average molecular weight is 378 g/mol. The summed E-state index contributed by atoms with van der Waals surface area (Å²) in [5.74, 6) is 1.01. The molecule has 28 heavy (non-hydrogen) atoms. The molecule has 1 N–H and O–H groups in total. The molecule has 6 nitrogen and oxygen atoms in total. The van der Waals surface area contributed by atoms with E-state index >= 15 is 0 Å². The number of hydrogen-bond donors (Lipinski definition) is 1. The number of anilines is 1. The first kappa shape index (κ1) is 18.8. The second-order valence-corrected chi connectivity index (χ2v) is 7.44. The number of aliphatic hydroxyl groups excluding tert-OH is 1. The number of benzene rings is 1. The van der Waals surface area contributed by atoms with Crippen LogP contribution < -0.4 is 4.90 Å². The molecule has 1 atom stereocenters. The number of fused-ring (bicyclic) bond motifs is 1. The molecule has 0 amide bonds. The van der Waals surface area contributed by atoms with Gasteiger partial charge in [0, 0.05) is 45.3 Å². The van der Waals surface area contributed by atoms with E-state index < -0.39 is 0 Å². The maximum atomic E-state index is 12.6. The topological polar surface area (TPSA) is 69.6 Å². The lowest BCUT2D eigenvalue weighted by Gasteiger charge is -2.34. The van der Waals surface area contributed by atoms with E-state index in [2.05, 4.69) is 39.1 Å². The molecule has 6 heteroatoms. The van der Waals surface area contributed by atoms with E-state index in [1.807, 2.05) is 18.2 Å². The van der Waals surface area contributed by atoms with E-state index in [0.717, 1.165) is 43.9 Å². The van der Waals surface area contributed by atoms with Crippen molar-refractivity contribution in [2.45, 2.75) is 12.8 Å². The molecule has 1 aliphatic carbocycles. The Hall–Kier alpha value is -2.57. The van der Waals surface area contributed by atoms with Gasteiger partial charge >= 0.3 is 0 Å². The minimum Gasteiger partial charge on any atom is -0.395 e. The molecule has 0 radical (unpaired) electrons. The van der Waals surface area contributed by atoms with Gasteiger partial charge in [-0.25, -0.2) is 9.97 Å². The smallest absolute Gasteiger partial charge is 0.225 e. The Morgan fingerprint density at radius 2 is 1.89 bits per heavy atom. The van der Waals surface area contributed by atoms with Crippen molar-refractivity contribution in [3.8, 4) is 0 Å². The molecule has 146 valence electrons. The zero-order chi connectivity index (χ0) is 19.3. The predicted molar refractivity (Wildman–Crippen MR) is 109 cm³/mol. The molecule has 1 fully saturated rings. The minimum atomic E-state index is 0.128. The Bertz CT molecular complexity index is 845. The fourth-order valence-corrected chi connectivity index (χ4v) is 3.88. The molecule has 1 aliphatic heterocycles. The zero-order valence-corrected chi connectivity index (χ0v) is 16.0. The summed E-state index contributed by atoms with van der Waals surface area (Å²) in [6.07, 6.45) is 7.21. The van der Waals surface area contributed by atoms with Crippen molar-refractivity contribution in [3.05, 3.63) is 59.4 Å². The van der Waals surface area contributed by atoms with Crippen LogP contribution in [-0.4, -0.2) is 65.1 Å². The van der Waals surface area contributed by atoms with E-state index in [1.165, 1.54) is 0 Å². The van der Waals surface area contributed by atoms with Gasteiger partial charge in [0.25, 0.3) is 0 Å². The van der Waals surface area contributed by atoms with E-state index in [0.29, 0.717) is 24.5 Å². The number of β-amino-alcohol motifs (C(OH)–C–C–N with tert-alkyl or cyclic N) is 1. The third-order valence-electron chi connectivity index (χ3n) is 5.49. The second-order valence-electron chi connectivity index (χ2n) is 7.44. The fraction of sp³-hybridized carbons (Fsp3) is 0.409. The number of aliphatic hydroxyl groups is 1. The number of hydrogen-bond acceptors (Lipinski definition) is 6. The van der Waals surface area contributed by atoms with Crippen LogP contribution in [0.25, 0.3) is 6.08 Å². The highest BCUT2D eigenvalue weighted by atomic mass is 16.3. The molecule has 1 saturated heterocycles. The summed E-state index contributed by atoms with van der Waals surface area (Å²) in [4.78, 5) is 26.2. The Morgan fingerprint density at radius 3 is 2.64 bits per heavy atom. The fourth-order valence-electron chi connectivity index (χ4n) is 3.88. The Labute approximate surface area is 165 Å². The number of ketones is 1. The predicted octanol–water partition coefficient (Wildman–Crippen LogP) is 2.05. The number of carbonyl (C=O) groups excluding carboxylic acids is 1. The van der Waals surface area contributed by atoms with Gasteiger partial charge in [-0.2, -0.15) is 0 Å². The van der Waals surface area contributed by atoms with Crippen LogP contribution in [0.2, 0.25) is 0 Å². The first-order valence-corrected chi connectivity index (χ1v) is 9.93. The molecule has 2 aromatic rings. The molecule has 1 aromatic heterocycles. The summed E-state index contributed by atoms with van der Waals surface area (Å²) in [5.41, 5.74) is 2.68.